The van der Waals surface area contributed by atoms with E-state index in [2.05, 4.69) is 40.8 Å². The van der Waals surface area contributed by atoms with Gasteiger partial charge in [-0.2, -0.15) is 0 Å². The third-order valence-electron chi connectivity index (χ3n) is 4.28. The molecule has 0 radical (unpaired) electrons. The molecule has 0 amide bonds. The quantitative estimate of drug-likeness (QED) is 0.684. The van der Waals surface area contributed by atoms with Crippen molar-refractivity contribution in [3.05, 3.63) is 84.6 Å². The maximum absolute atomic E-state index is 5.90. The minimum Gasteiger partial charge on any atom is -0.486 e. The fraction of sp³-hybridized carbons (Fsp3) is 0.190. The molecule has 0 aliphatic carbocycles. The van der Waals surface area contributed by atoms with Gasteiger partial charge in [-0.1, -0.05) is 19.2 Å². The number of aryl methyl sites for hydroxylation is 1. The Kier molecular flexibility index (Phi) is 4.98. The first-order valence-corrected chi connectivity index (χ1v) is 8.50. The lowest BCUT2D eigenvalue weighted by Crippen LogP contribution is -2.29. The molecule has 0 aromatic carbocycles. The Morgan fingerprint density at radius 3 is 2.81 bits per heavy atom. The molecule has 3 N–H and O–H groups in total. The van der Waals surface area contributed by atoms with Crippen molar-refractivity contribution in [1.29, 1.82) is 0 Å². The number of nitrogens with zero attached hydrogens (tertiary/aromatic N) is 2. The number of rotatable bonds is 7. The molecule has 3 aromatic heterocycles. The standard InChI is InChI=1S/C21H24N4O/c1-14-11-19-8-9-20(26-13-18-7-5-6-10-23-18)12-25(19)21(14)17(4)24-16(3)15(2)22/h5-12,16,24H,2,4,13,22H2,1,3H3. The van der Waals surface area contributed by atoms with Crippen molar-refractivity contribution in [2.75, 3.05) is 0 Å². The van der Waals surface area contributed by atoms with Crippen molar-refractivity contribution in [2.45, 2.75) is 26.5 Å². The highest BCUT2D eigenvalue weighted by Crippen LogP contribution is 2.25. The Morgan fingerprint density at radius 2 is 2.12 bits per heavy atom. The first kappa shape index (κ1) is 17.6. The lowest BCUT2D eigenvalue weighted by Gasteiger charge is -2.18. The van der Waals surface area contributed by atoms with Gasteiger partial charge < -0.3 is 20.2 Å². The van der Waals surface area contributed by atoms with Crippen molar-refractivity contribution in [2.24, 2.45) is 5.73 Å². The predicted octanol–water partition coefficient (Wildman–Crippen LogP) is 3.64. The summed E-state index contributed by atoms with van der Waals surface area (Å²) in [6, 6.07) is 11.8. The summed E-state index contributed by atoms with van der Waals surface area (Å²) in [5.41, 5.74) is 11.2. The summed E-state index contributed by atoms with van der Waals surface area (Å²) in [4.78, 5) is 4.28. The second-order valence-corrected chi connectivity index (χ2v) is 6.36. The van der Waals surface area contributed by atoms with Crippen LogP contribution in [0.3, 0.4) is 0 Å². The van der Waals surface area contributed by atoms with E-state index in [1.165, 1.54) is 0 Å². The molecule has 1 atom stereocenters. The summed E-state index contributed by atoms with van der Waals surface area (Å²) in [7, 11) is 0. The molecule has 0 bridgehead atoms. The maximum Gasteiger partial charge on any atom is 0.136 e. The molecule has 3 heterocycles. The number of pyridine rings is 2. The minimum atomic E-state index is -0.0592. The average molecular weight is 348 g/mol. The van der Waals surface area contributed by atoms with E-state index in [1.54, 1.807) is 6.20 Å². The van der Waals surface area contributed by atoms with Crippen LogP contribution < -0.4 is 15.8 Å². The van der Waals surface area contributed by atoms with Crippen LogP contribution in [0.25, 0.3) is 11.2 Å². The van der Waals surface area contributed by atoms with E-state index in [1.807, 2.05) is 43.5 Å². The second-order valence-electron chi connectivity index (χ2n) is 6.36. The van der Waals surface area contributed by atoms with Crippen LogP contribution in [0.2, 0.25) is 0 Å². The van der Waals surface area contributed by atoms with Crippen LogP contribution >= 0.6 is 0 Å². The van der Waals surface area contributed by atoms with Crippen LogP contribution in [0, 0.1) is 6.92 Å². The molecular formula is C21H24N4O. The molecule has 5 heteroatoms. The number of hydrogen-bond donors (Lipinski definition) is 2. The second kappa shape index (κ2) is 7.35. The lowest BCUT2D eigenvalue weighted by atomic mass is 10.2. The van der Waals surface area contributed by atoms with Gasteiger partial charge in [-0.05, 0) is 49.7 Å². The molecule has 0 aliphatic rings. The molecule has 0 saturated carbocycles. The Hall–Kier alpha value is -3.21. The minimum absolute atomic E-state index is 0.0592. The van der Waals surface area contributed by atoms with Crippen molar-refractivity contribution in [3.63, 3.8) is 0 Å². The van der Waals surface area contributed by atoms with Crippen LogP contribution in [-0.2, 0) is 6.61 Å². The maximum atomic E-state index is 5.90. The first-order chi connectivity index (χ1) is 12.5. The fourth-order valence-electron chi connectivity index (χ4n) is 2.82. The molecule has 3 rings (SSSR count). The summed E-state index contributed by atoms with van der Waals surface area (Å²) in [5.74, 6) is 0.768. The average Bonchev–Trinajstić information content (AvgIpc) is 2.95. The van der Waals surface area contributed by atoms with E-state index in [9.17, 15) is 0 Å². The zero-order valence-electron chi connectivity index (χ0n) is 15.2. The van der Waals surface area contributed by atoms with Gasteiger partial charge in [-0.3, -0.25) is 4.98 Å². The smallest absolute Gasteiger partial charge is 0.136 e. The van der Waals surface area contributed by atoms with Crippen LogP contribution in [0.5, 0.6) is 5.75 Å². The normalized spacial score (nSPS) is 11.9. The predicted molar refractivity (Wildman–Crippen MR) is 106 cm³/mol. The number of aromatic nitrogens is 2. The number of ether oxygens (including phenoxy) is 1. The van der Waals surface area contributed by atoms with Crippen molar-refractivity contribution in [3.8, 4) is 5.75 Å². The topological polar surface area (TPSA) is 64.6 Å². The monoisotopic (exact) mass is 348 g/mol. The van der Waals surface area contributed by atoms with Gasteiger partial charge in [-0.15, -0.1) is 0 Å². The van der Waals surface area contributed by atoms with E-state index < -0.39 is 0 Å². The number of hydrogen-bond acceptors (Lipinski definition) is 4. The van der Waals surface area contributed by atoms with Gasteiger partial charge >= 0.3 is 0 Å². The largest absolute Gasteiger partial charge is 0.486 e. The Balaban J connectivity index is 1.86. The molecule has 26 heavy (non-hydrogen) atoms. The highest BCUT2D eigenvalue weighted by Gasteiger charge is 2.13. The SMILES string of the molecule is C=C(NC(C)C(=C)N)c1c(C)cc2ccc(OCc3ccccn3)cn12. The highest BCUT2D eigenvalue weighted by atomic mass is 16.5. The molecule has 3 aromatic rings. The van der Waals surface area contributed by atoms with Crippen LogP contribution in [0.1, 0.15) is 23.9 Å². The number of fused-ring (bicyclic) bond motifs is 1. The van der Waals surface area contributed by atoms with Gasteiger partial charge in [0.1, 0.15) is 12.4 Å². The van der Waals surface area contributed by atoms with Gasteiger partial charge in [0.25, 0.3) is 0 Å². The molecule has 0 aliphatic heterocycles. The van der Waals surface area contributed by atoms with E-state index in [-0.39, 0.29) is 6.04 Å². The first-order valence-electron chi connectivity index (χ1n) is 8.50. The summed E-state index contributed by atoms with van der Waals surface area (Å²) in [6.07, 6.45) is 3.73. The molecule has 0 saturated heterocycles. The molecular weight excluding hydrogens is 324 g/mol. The zero-order chi connectivity index (χ0) is 18.7. The van der Waals surface area contributed by atoms with Crippen molar-refractivity contribution < 1.29 is 4.74 Å². The van der Waals surface area contributed by atoms with E-state index in [0.29, 0.717) is 12.3 Å². The highest BCUT2D eigenvalue weighted by molar-refractivity contribution is 5.69. The van der Waals surface area contributed by atoms with Crippen LogP contribution in [0.15, 0.2) is 67.6 Å². The van der Waals surface area contributed by atoms with Crippen molar-refractivity contribution >= 4 is 11.2 Å². The third-order valence-corrected chi connectivity index (χ3v) is 4.28. The fourth-order valence-corrected chi connectivity index (χ4v) is 2.82. The Bertz CT molecular complexity index is 943. The Morgan fingerprint density at radius 1 is 1.31 bits per heavy atom. The van der Waals surface area contributed by atoms with E-state index in [0.717, 1.165) is 33.9 Å². The number of nitrogens with one attached hydrogen (secondary N) is 1. The van der Waals surface area contributed by atoms with Gasteiger partial charge in [0.05, 0.1) is 29.3 Å². The van der Waals surface area contributed by atoms with E-state index in [4.69, 9.17) is 10.5 Å². The summed E-state index contributed by atoms with van der Waals surface area (Å²) in [5, 5.41) is 3.30. The van der Waals surface area contributed by atoms with Gasteiger partial charge in [0, 0.05) is 17.4 Å². The molecule has 0 spiro atoms. The van der Waals surface area contributed by atoms with Crippen LogP contribution in [-0.4, -0.2) is 15.4 Å². The summed E-state index contributed by atoms with van der Waals surface area (Å²) < 4.78 is 7.97. The van der Waals surface area contributed by atoms with Gasteiger partial charge in [-0.25, -0.2) is 0 Å². The number of nitrogens with two attached hydrogens (primary N) is 1. The molecule has 1 unspecified atom stereocenters. The molecule has 0 fully saturated rings. The zero-order valence-corrected chi connectivity index (χ0v) is 15.2. The molecule has 5 nitrogen and oxygen atoms in total. The summed E-state index contributed by atoms with van der Waals surface area (Å²) >= 11 is 0. The van der Waals surface area contributed by atoms with E-state index >= 15 is 0 Å². The van der Waals surface area contributed by atoms with Gasteiger partial charge in [0.15, 0.2) is 0 Å². The van der Waals surface area contributed by atoms with Gasteiger partial charge in [0.2, 0.25) is 0 Å². The third kappa shape index (κ3) is 3.72. The summed E-state index contributed by atoms with van der Waals surface area (Å²) in [6.45, 7) is 12.4. The van der Waals surface area contributed by atoms with Crippen LogP contribution in [0.4, 0.5) is 0 Å². The van der Waals surface area contributed by atoms with Crippen molar-refractivity contribution in [1.82, 2.24) is 14.7 Å². The lowest BCUT2D eigenvalue weighted by molar-refractivity contribution is 0.300. The molecule has 134 valence electrons. The Labute approximate surface area is 153 Å².